The van der Waals surface area contributed by atoms with Crippen molar-refractivity contribution in [3.63, 3.8) is 0 Å². The van der Waals surface area contributed by atoms with Crippen LogP contribution in [0.25, 0.3) is 0 Å². The normalized spacial score (nSPS) is 21.5. The fourth-order valence-electron chi connectivity index (χ4n) is 1.02. The first kappa shape index (κ1) is 9.83. The van der Waals surface area contributed by atoms with Gasteiger partial charge in [-0.3, -0.25) is 0 Å². The molecule has 74 valence electrons. The van der Waals surface area contributed by atoms with E-state index in [0.717, 1.165) is 0 Å². The summed E-state index contributed by atoms with van der Waals surface area (Å²) in [4.78, 5) is 21.9. The maximum absolute atomic E-state index is 11.0. The van der Waals surface area contributed by atoms with Gasteiger partial charge < -0.3 is 14.8 Å². The molecule has 1 amide bonds. The molecule has 0 radical (unpaired) electrons. The van der Waals surface area contributed by atoms with E-state index in [0.29, 0.717) is 13.0 Å². The van der Waals surface area contributed by atoms with Crippen LogP contribution in [-0.4, -0.2) is 30.8 Å². The molecule has 0 aromatic heterocycles. The molecule has 0 saturated carbocycles. The van der Waals surface area contributed by atoms with E-state index in [9.17, 15) is 9.59 Å². The average Bonchev–Trinajstić information content (AvgIpc) is 2.34. The first-order valence-electron chi connectivity index (χ1n) is 4.23. The maximum Gasteiger partial charge on any atom is 0.408 e. The Morgan fingerprint density at radius 2 is 2.38 bits per heavy atom. The Hall–Kier alpha value is -1.26. The molecule has 1 N–H and O–H groups in total. The number of alkyl carbamates (subject to hydrolysis) is 1. The Kier molecular flexibility index (Phi) is 3.11. The smallest absolute Gasteiger partial charge is 0.408 e. The van der Waals surface area contributed by atoms with Gasteiger partial charge >= 0.3 is 12.1 Å². The summed E-state index contributed by atoms with van der Waals surface area (Å²) in [7, 11) is 0. The third-order valence-corrected chi connectivity index (χ3v) is 1.57. The van der Waals surface area contributed by atoms with Crippen LogP contribution in [-0.2, 0) is 14.3 Å². The number of esters is 1. The predicted molar refractivity (Wildman–Crippen MR) is 44.1 cm³/mol. The van der Waals surface area contributed by atoms with Crippen LogP contribution in [0.15, 0.2) is 0 Å². The molecule has 1 heterocycles. The highest BCUT2D eigenvalue weighted by Gasteiger charge is 2.28. The molecule has 1 atom stereocenters. The van der Waals surface area contributed by atoms with E-state index in [1.807, 2.05) is 0 Å². The molecular formula is C8H13NO4. The number of hydrogen-bond acceptors (Lipinski definition) is 4. The summed E-state index contributed by atoms with van der Waals surface area (Å²) >= 11 is 0. The Morgan fingerprint density at radius 3 is 2.85 bits per heavy atom. The second kappa shape index (κ2) is 4.11. The lowest BCUT2D eigenvalue weighted by molar-refractivity contribution is -0.139. The number of carbonyl (C=O) groups excluding carboxylic acids is 2. The SMILES string of the molecule is CC(C)OC(=O)NC1CCOC1=O. The van der Waals surface area contributed by atoms with Crippen LogP contribution in [0.5, 0.6) is 0 Å². The van der Waals surface area contributed by atoms with Crippen molar-refractivity contribution in [2.45, 2.75) is 32.4 Å². The van der Waals surface area contributed by atoms with E-state index in [2.05, 4.69) is 10.1 Å². The average molecular weight is 187 g/mol. The zero-order valence-electron chi connectivity index (χ0n) is 7.70. The summed E-state index contributed by atoms with van der Waals surface area (Å²) in [5, 5.41) is 2.42. The van der Waals surface area contributed by atoms with Crippen LogP contribution in [0.2, 0.25) is 0 Å². The highest BCUT2D eigenvalue weighted by atomic mass is 16.6. The van der Waals surface area contributed by atoms with E-state index in [4.69, 9.17) is 4.74 Å². The van der Waals surface area contributed by atoms with Gasteiger partial charge in [0.05, 0.1) is 12.7 Å². The Labute approximate surface area is 76.4 Å². The van der Waals surface area contributed by atoms with Gasteiger partial charge in [-0.2, -0.15) is 0 Å². The summed E-state index contributed by atoms with van der Waals surface area (Å²) < 4.78 is 9.46. The van der Waals surface area contributed by atoms with Crippen molar-refractivity contribution in [3.05, 3.63) is 0 Å². The highest BCUT2D eigenvalue weighted by molar-refractivity contribution is 5.82. The molecule has 1 fully saturated rings. The number of nitrogens with one attached hydrogen (secondary N) is 1. The van der Waals surface area contributed by atoms with Gasteiger partial charge in [-0.15, -0.1) is 0 Å². The molecule has 1 aliphatic heterocycles. The fraction of sp³-hybridized carbons (Fsp3) is 0.750. The zero-order chi connectivity index (χ0) is 9.84. The number of ether oxygens (including phenoxy) is 2. The summed E-state index contributed by atoms with van der Waals surface area (Å²) in [6, 6.07) is -0.536. The lowest BCUT2D eigenvalue weighted by atomic mass is 10.2. The van der Waals surface area contributed by atoms with Crippen molar-refractivity contribution >= 4 is 12.1 Å². The third-order valence-electron chi connectivity index (χ3n) is 1.57. The van der Waals surface area contributed by atoms with Crippen LogP contribution in [0.4, 0.5) is 4.79 Å². The quantitative estimate of drug-likeness (QED) is 0.637. The minimum Gasteiger partial charge on any atom is -0.464 e. The topological polar surface area (TPSA) is 64.6 Å². The fourth-order valence-corrected chi connectivity index (χ4v) is 1.02. The number of carbonyl (C=O) groups is 2. The van der Waals surface area contributed by atoms with Gasteiger partial charge in [-0.25, -0.2) is 9.59 Å². The zero-order valence-corrected chi connectivity index (χ0v) is 7.70. The van der Waals surface area contributed by atoms with E-state index >= 15 is 0 Å². The molecule has 1 rings (SSSR count). The number of rotatable bonds is 2. The largest absolute Gasteiger partial charge is 0.464 e. The number of amides is 1. The molecule has 1 unspecified atom stereocenters. The third kappa shape index (κ3) is 2.93. The molecule has 5 nitrogen and oxygen atoms in total. The first-order valence-corrected chi connectivity index (χ1v) is 4.23. The van der Waals surface area contributed by atoms with Crippen LogP contribution in [0.3, 0.4) is 0 Å². The van der Waals surface area contributed by atoms with Crippen molar-refractivity contribution in [2.75, 3.05) is 6.61 Å². The summed E-state index contributed by atoms with van der Waals surface area (Å²) in [6.45, 7) is 3.85. The van der Waals surface area contributed by atoms with Gasteiger partial charge in [0.2, 0.25) is 0 Å². The monoisotopic (exact) mass is 187 g/mol. The second-order valence-electron chi connectivity index (χ2n) is 3.11. The Morgan fingerprint density at radius 1 is 1.69 bits per heavy atom. The molecule has 1 saturated heterocycles. The van der Waals surface area contributed by atoms with Gasteiger partial charge in [-0.1, -0.05) is 0 Å². The molecule has 0 aromatic carbocycles. The van der Waals surface area contributed by atoms with Crippen LogP contribution in [0, 0.1) is 0 Å². The highest BCUT2D eigenvalue weighted by Crippen LogP contribution is 2.05. The van der Waals surface area contributed by atoms with Crippen LogP contribution in [0.1, 0.15) is 20.3 Å². The van der Waals surface area contributed by atoms with E-state index in [1.165, 1.54) is 0 Å². The molecule has 5 heteroatoms. The standard InChI is InChI=1S/C8H13NO4/c1-5(2)13-8(11)9-6-3-4-12-7(6)10/h5-6H,3-4H2,1-2H3,(H,9,11). The van der Waals surface area contributed by atoms with Crippen LogP contribution < -0.4 is 5.32 Å². The van der Waals surface area contributed by atoms with Crippen molar-refractivity contribution in [1.82, 2.24) is 5.32 Å². The summed E-state index contributed by atoms with van der Waals surface area (Å²) in [6.07, 6.45) is -0.234. The molecule has 0 aromatic rings. The molecule has 0 spiro atoms. The lowest BCUT2D eigenvalue weighted by Crippen LogP contribution is -2.39. The molecule has 0 aliphatic carbocycles. The lowest BCUT2D eigenvalue weighted by Gasteiger charge is -2.11. The molecule has 0 bridgehead atoms. The molecular weight excluding hydrogens is 174 g/mol. The van der Waals surface area contributed by atoms with E-state index < -0.39 is 12.1 Å². The maximum atomic E-state index is 11.0. The minimum absolute atomic E-state index is 0.183. The summed E-state index contributed by atoms with van der Waals surface area (Å²) in [5.41, 5.74) is 0. The van der Waals surface area contributed by atoms with E-state index in [-0.39, 0.29) is 12.1 Å². The summed E-state index contributed by atoms with van der Waals surface area (Å²) in [5.74, 6) is -0.388. The Bertz CT molecular complexity index is 214. The number of hydrogen-bond donors (Lipinski definition) is 1. The van der Waals surface area contributed by atoms with Gasteiger partial charge in [0, 0.05) is 6.42 Å². The van der Waals surface area contributed by atoms with Crippen molar-refractivity contribution in [1.29, 1.82) is 0 Å². The number of cyclic esters (lactones) is 1. The van der Waals surface area contributed by atoms with Gasteiger partial charge in [0.15, 0.2) is 0 Å². The van der Waals surface area contributed by atoms with Crippen molar-refractivity contribution in [2.24, 2.45) is 0 Å². The molecule has 1 aliphatic rings. The van der Waals surface area contributed by atoms with Crippen LogP contribution >= 0.6 is 0 Å². The predicted octanol–water partition coefficient (Wildman–Crippen LogP) is 0.436. The minimum atomic E-state index is -0.571. The second-order valence-corrected chi connectivity index (χ2v) is 3.11. The van der Waals surface area contributed by atoms with Gasteiger partial charge in [0.25, 0.3) is 0 Å². The van der Waals surface area contributed by atoms with Gasteiger partial charge in [0.1, 0.15) is 6.04 Å². The first-order chi connectivity index (χ1) is 6.09. The van der Waals surface area contributed by atoms with E-state index in [1.54, 1.807) is 13.8 Å². The molecule has 13 heavy (non-hydrogen) atoms. The Balaban J connectivity index is 2.31. The van der Waals surface area contributed by atoms with Crippen molar-refractivity contribution < 1.29 is 19.1 Å². The van der Waals surface area contributed by atoms with Gasteiger partial charge in [-0.05, 0) is 13.8 Å². The van der Waals surface area contributed by atoms with Crippen molar-refractivity contribution in [3.8, 4) is 0 Å².